The third-order valence-corrected chi connectivity index (χ3v) is 8.64. The first-order valence-corrected chi connectivity index (χ1v) is 14.2. The summed E-state index contributed by atoms with van der Waals surface area (Å²) in [6.07, 6.45) is 2.80. The summed E-state index contributed by atoms with van der Waals surface area (Å²) in [5, 5.41) is 12.3. The van der Waals surface area contributed by atoms with E-state index in [4.69, 9.17) is 16.3 Å². The Kier molecular flexibility index (Phi) is 7.80. The lowest BCUT2D eigenvalue weighted by Gasteiger charge is -2.33. The molecule has 11 heteroatoms. The first-order chi connectivity index (χ1) is 17.8. The van der Waals surface area contributed by atoms with Crippen molar-refractivity contribution in [3.05, 3.63) is 67.4 Å². The highest BCUT2D eigenvalue weighted by Crippen LogP contribution is 2.28. The minimum Gasteiger partial charge on any atom is -0.374 e. The molecule has 0 radical (unpaired) electrons. The number of benzene rings is 1. The smallest absolute Gasteiger partial charge is 0.224 e. The van der Waals surface area contributed by atoms with Crippen LogP contribution in [0.1, 0.15) is 28.5 Å². The van der Waals surface area contributed by atoms with Gasteiger partial charge < -0.3 is 14.2 Å². The molecular weight excluding hydrogens is 576 g/mol. The molecule has 37 heavy (non-hydrogen) atoms. The van der Waals surface area contributed by atoms with E-state index in [0.717, 1.165) is 43.5 Å². The minimum atomic E-state index is -0.116. The van der Waals surface area contributed by atoms with Gasteiger partial charge in [-0.05, 0) is 61.0 Å². The second-order valence-electron chi connectivity index (χ2n) is 9.23. The average Bonchev–Trinajstić information content (AvgIpc) is 3.59. The minimum absolute atomic E-state index is 0.116. The predicted molar refractivity (Wildman–Crippen MR) is 148 cm³/mol. The van der Waals surface area contributed by atoms with E-state index in [1.54, 1.807) is 16.0 Å². The van der Waals surface area contributed by atoms with Gasteiger partial charge >= 0.3 is 0 Å². The van der Waals surface area contributed by atoms with Crippen molar-refractivity contribution >= 4 is 44.8 Å². The number of nitrogens with zero attached hydrogens (tertiary/aromatic N) is 6. The maximum absolute atomic E-state index is 13.1. The molecule has 1 amide bonds. The van der Waals surface area contributed by atoms with Crippen LogP contribution in [-0.2, 0) is 22.5 Å². The topological polar surface area (TPSA) is 78.1 Å². The van der Waals surface area contributed by atoms with Gasteiger partial charge in [0.05, 0.1) is 46.0 Å². The van der Waals surface area contributed by atoms with Crippen molar-refractivity contribution in [1.29, 1.82) is 0 Å². The lowest BCUT2D eigenvalue weighted by atomic mass is 10.1. The van der Waals surface area contributed by atoms with Crippen molar-refractivity contribution in [2.75, 3.05) is 19.7 Å². The number of morpholine rings is 1. The molecule has 0 spiro atoms. The van der Waals surface area contributed by atoms with Gasteiger partial charge in [-0.2, -0.15) is 0 Å². The Bertz CT molecular complexity index is 1430. The first-order valence-electron chi connectivity index (χ1n) is 12.1. The molecule has 1 unspecified atom stereocenters. The summed E-state index contributed by atoms with van der Waals surface area (Å²) < 4.78 is 10.7. The van der Waals surface area contributed by atoms with E-state index < -0.39 is 0 Å². The second kappa shape index (κ2) is 11.1. The zero-order valence-electron chi connectivity index (χ0n) is 20.9. The molecule has 1 atom stereocenters. The van der Waals surface area contributed by atoms with E-state index in [1.165, 1.54) is 0 Å². The normalized spacial score (nSPS) is 15.9. The van der Waals surface area contributed by atoms with Gasteiger partial charge in [0.15, 0.2) is 0 Å². The molecule has 1 fully saturated rings. The third-order valence-electron chi connectivity index (χ3n) is 6.65. The predicted octanol–water partition coefficient (Wildman–Crippen LogP) is 5.39. The van der Waals surface area contributed by atoms with Crippen molar-refractivity contribution in [2.24, 2.45) is 0 Å². The van der Waals surface area contributed by atoms with Crippen molar-refractivity contribution in [3.8, 4) is 16.9 Å². The highest BCUT2D eigenvalue weighted by Gasteiger charge is 2.25. The summed E-state index contributed by atoms with van der Waals surface area (Å²) in [6.45, 7) is 8.51. The van der Waals surface area contributed by atoms with Gasteiger partial charge in [0, 0.05) is 59.3 Å². The molecular formula is C26H28BrClN6O2S. The number of rotatable bonds is 7. The van der Waals surface area contributed by atoms with Crippen LogP contribution in [0.15, 0.2) is 40.3 Å². The van der Waals surface area contributed by atoms with E-state index >= 15 is 0 Å². The molecule has 3 aromatic heterocycles. The molecule has 0 aliphatic carbocycles. The Balaban J connectivity index is 1.18. The summed E-state index contributed by atoms with van der Waals surface area (Å²) >= 11 is 11.2. The van der Waals surface area contributed by atoms with E-state index in [0.29, 0.717) is 44.1 Å². The SMILES string of the molecule is Cc1nc(-c2cc(C)n(CCC(=O)N3CCOC(Cc4cn(-c5ccc(Cl)c(Br)c5)nn4)C3)c2C)cs1. The fraction of sp³-hybridized carbons (Fsp3) is 0.385. The van der Waals surface area contributed by atoms with Crippen LogP contribution in [0.3, 0.4) is 0 Å². The van der Waals surface area contributed by atoms with Crippen LogP contribution in [0.4, 0.5) is 0 Å². The molecule has 194 valence electrons. The number of thiazole rings is 1. The number of carbonyl (C=O) groups excluding carboxylic acids is 1. The highest BCUT2D eigenvalue weighted by atomic mass is 79.9. The Morgan fingerprint density at radius 1 is 1.27 bits per heavy atom. The fourth-order valence-corrected chi connectivity index (χ4v) is 5.80. The third kappa shape index (κ3) is 5.82. The van der Waals surface area contributed by atoms with E-state index in [2.05, 4.69) is 61.1 Å². The van der Waals surface area contributed by atoms with Crippen LogP contribution in [0, 0.1) is 20.8 Å². The van der Waals surface area contributed by atoms with Gasteiger partial charge in [-0.1, -0.05) is 16.8 Å². The lowest BCUT2D eigenvalue weighted by molar-refractivity contribution is -0.139. The lowest BCUT2D eigenvalue weighted by Crippen LogP contribution is -2.46. The molecule has 1 saturated heterocycles. The van der Waals surface area contributed by atoms with Gasteiger partial charge in [-0.15, -0.1) is 16.4 Å². The summed E-state index contributed by atoms with van der Waals surface area (Å²) in [4.78, 5) is 19.7. The molecule has 5 rings (SSSR count). The van der Waals surface area contributed by atoms with Crippen molar-refractivity contribution in [1.82, 2.24) is 29.4 Å². The van der Waals surface area contributed by atoms with Gasteiger partial charge in [-0.3, -0.25) is 4.79 Å². The first kappa shape index (κ1) is 26.1. The molecule has 8 nitrogen and oxygen atoms in total. The zero-order valence-corrected chi connectivity index (χ0v) is 24.1. The fourth-order valence-electron chi connectivity index (χ4n) is 4.71. The molecule has 4 heterocycles. The summed E-state index contributed by atoms with van der Waals surface area (Å²) in [6, 6.07) is 7.76. The van der Waals surface area contributed by atoms with Crippen LogP contribution < -0.4 is 0 Å². The standard InChI is InChI=1S/C26H28BrClN6O2S/c1-16-10-22(25-15-37-18(3)29-25)17(2)33(16)7-6-26(35)32-8-9-36-21(14-32)11-19-13-34(31-30-19)20-4-5-24(28)23(27)12-20/h4-5,10,12-13,15,21H,6-9,11,14H2,1-3H3. The van der Waals surface area contributed by atoms with Crippen molar-refractivity contribution in [3.63, 3.8) is 0 Å². The molecule has 0 bridgehead atoms. The number of aryl methyl sites for hydroxylation is 2. The number of halogens is 2. The maximum Gasteiger partial charge on any atom is 0.224 e. The Morgan fingerprint density at radius 3 is 2.86 bits per heavy atom. The molecule has 1 aliphatic heterocycles. The average molecular weight is 604 g/mol. The summed E-state index contributed by atoms with van der Waals surface area (Å²) in [5.74, 6) is 0.140. The number of ether oxygens (including phenoxy) is 1. The highest BCUT2D eigenvalue weighted by molar-refractivity contribution is 9.10. The Labute approximate surface area is 233 Å². The van der Waals surface area contributed by atoms with Gasteiger partial charge in [0.1, 0.15) is 0 Å². The van der Waals surface area contributed by atoms with Crippen LogP contribution >= 0.6 is 38.9 Å². The summed E-state index contributed by atoms with van der Waals surface area (Å²) in [7, 11) is 0. The number of aromatic nitrogens is 5. The molecule has 1 aliphatic rings. The van der Waals surface area contributed by atoms with Crippen LogP contribution in [-0.4, -0.2) is 61.2 Å². The van der Waals surface area contributed by atoms with Crippen molar-refractivity contribution < 1.29 is 9.53 Å². The van der Waals surface area contributed by atoms with E-state index in [1.807, 2.05) is 36.2 Å². The molecule has 1 aromatic carbocycles. The Morgan fingerprint density at radius 2 is 2.11 bits per heavy atom. The van der Waals surface area contributed by atoms with Gasteiger partial charge in [0.2, 0.25) is 5.91 Å². The maximum atomic E-state index is 13.1. The quantitative estimate of drug-likeness (QED) is 0.283. The van der Waals surface area contributed by atoms with E-state index in [-0.39, 0.29) is 12.0 Å². The zero-order chi connectivity index (χ0) is 26.1. The molecule has 4 aromatic rings. The largest absolute Gasteiger partial charge is 0.374 e. The van der Waals surface area contributed by atoms with E-state index in [9.17, 15) is 4.79 Å². The van der Waals surface area contributed by atoms with Gasteiger partial charge in [0.25, 0.3) is 0 Å². The van der Waals surface area contributed by atoms with Crippen LogP contribution in [0.25, 0.3) is 16.9 Å². The molecule has 0 saturated carbocycles. The van der Waals surface area contributed by atoms with Gasteiger partial charge in [-0.25, -0.2) is 9.67 Å². The van der Waals surface area contributed by atoms with Crippen LogP contribution in [0.2, 0.25) is 5.02 Å². The summed E-state index contributed by atoms with van der Waals surface area (Å²) in [5.41, 5.74) is 6.10. The number of carbonyl (C=O) groups is 1. The Hall–Kier alpha value is -2.53. The van der Waals surface area contributed by atoms with Crippen LogP contribution in [0.5, 0.6) is 0 Å². The number of hydrogen-bond acceptors (Lipinski definition) is 6. The monoisotopic (exact) mass is 602 g/mol. The molecule has 0 N–H and O–H groups in total. The second-order valence-corrected chi connectivity index (χ2v) is 11.6. The van der Waals surface area contributed by atoms with Crippen molar-refractivity contribution in [2.45, 2.75) is 46.3 Å². The number of hydrogen-bond donors (Lipinski definition) is 0. The number of amides is 1.